The number of oxime groups is 1. The van der Waals surface area contributed by atoms with Gasteiger partial charge in [0.1, 0.15) is 5.69 Å². The predicted molar refractivity (Wildman–Crippen MR) is 107 cm³/mol. The summed E-state index contributed by atoms with van der Waals surface area (Å²) in [6.07, 6.45) is 0. The lowest BCUT2D eigenvalue weighted by molar-refractivity contribution is 0.0509. The molecule has 0 aliphatic heterocycles. The van der Waals surface area contributed by atoms with Gasteiger partial charge in [0.15, 0.2) is 5.84 Å². The van der Waals surface area contributed by atoms with Gasteiger partial charge in [-0.25, -0.2) is 4.79 Å². The molecule has 0 fully saturated rings. The second-order valence-corrected chi connectivity index (χ2v) is 6.96. The normalized spacial score (nSPS) is 11.5. The fraction of sp³-hybridized carbons (Fsp3) is 0. The van der Waals surface area contributed by atoms with Gasteiger partial charge in [-0.05, 0) is 42.5 Å². The first-order valence-electron chi connectivity index (χ1n) is 7.36. The number of aromatic amines is 1. The Balaban J connectivity index is 1.76. The van der Waals surface area contributed by atoms with Gasteiger partial charge in [0.25, 0.3) is 0 Å². The number of carbonyl (C=O) groups excluding carboxylic acids is 1. The number of hydrogen-bond donors (Lipinski definition) is 2. The summed E-state index contributed by atoms with van der Waals surface area (Å²) in [4.78, 5) is 17.0. The molecular formula is C17H10Cl4N4O2. The molecule has 10 heteroatoms. The molecule has 0 aliphatic carbocycles. The third-order valence-electron chi connectivity index (χ3n) is 3.44. The molecule has 0 aliphatic rings. The van der Waals surface area contributed by atoms with Crippen molar-refractivity contribution in [3.63, 3.8) is 0 Å². The highest BCUT2D eigenvalue weighted by Crippen LogP contribution is 2.29. The molecule has 0 saturated carbocycles. The molecule has 0 unspecified atom stereocenters. The number of carbonyl (C=O) groups is 1. The van der Waals surface area contributed by atoms with Gasteiger partial charge >= 0.3 is 5.97 Å². The standard InChI is InChI=1S/C17H10Cl4N4O2/c18-8-1-3-10(12(20)5-8)14-7-15(24-23-14)17(26)27-25-16(22)11-4-2-9(19)6-13(11)21/h1-7H,(H2,22,25)(H,23,24). The highest BCUT2D eigenvalue weighted by atomic mass is 35.5. The third-order valence-corrected chi connectivity index (χ3v) is 4.53. The van der Waals surface area contributed by atoms with Crippen LogP contribution in [0.3, 0.4) is 0 Å². The van der Waals surface area contributed by atoms with Crippen molar-refractivity contribution in [3.05, 3.63) is 73.8 Å². The van der Waals surface area contributed by atoms with Crippen LogP contribution in [0.4, 0.5) is 0 Å². The van der Waals surface area contributed by atoms with E-state index in [9.17, 15) is 4.79 Å². The Kier molecular flexibility index (Phi) is 5.92. The number of nitrogens with one attached hydrogen (secondary N) is 1. The van der Waals surface area contributed by atoms with Crippen molar-refractivity contribution >= 4 is 58.2 Å². The van der Waals surface area contributed by atoms with Gasteiger partial charge in [0.05, 0.1) is 15.7 Å². The summed E-state index contributed by atoms with van der Waals surface area (Å²) in [6.45, 7) is 0. The molecule has 0 saturated heterocycles. The van der Waals surface area contributed by atoms with E-state index < -0.39 is 5.97 Å². The largest absolute Gasteiger partial charge is 0.383 e. The van der Waals surface area contributed by atoms with Crippen LogP contribution < -0.4 is 5.73 Å². The van der Waals surface area contributed by atoms with Crippen molar-refractivity contribution in [2.75, 3.05) is 0 Å². The lowest BCUT2D eigenvalue weighted by atomic mass is 10.1. The first kappa shape index (κ1) is 19.5. The van der Waals surface area contributed by atoms with E-state index in [0.29, 0.717) is 31.9 Å². The van der Waals surface area contributed by atoms with Crippen LogP contribution in [0.2, 0.25) is 20.1 Å². The van der Waals surface area contributed by atoms with Crippen molar-refractivity contribution in [1.82, 2.24) is 10.2 Å². The summed E-state index contributed by atoms with van der Waals surface area (Å²) in [5.74, 6) is -0.864. The van der Waals surface area contributed by atoms with Gasteiger partial charge in [0.2, 0.25) is 0 Å². The van der Waals surface area contributed by atoms with E-state index in [4.69, 9.17) is 57.0 Å². The van der Waals surface area contributed by atoms with Crippen LogP contribution in [0, 0.1) is 0 Å². The Morgan fingerprint density at radius 2 is 1.67 bits per heavy atom. The third kappa shape index (κ3) is 4.54. The molecule has 0 amide bonds. The van der Waals surface area contributed by atoms with E-state index in [1.165, 1.54) is 12.1 Å². The maximum Gasteiger partial charge on any atom is 0.383 e. The summed E-state index contributed by atoms with van der Waals surface area (Å²) in [6, 6.07) is 11.0. The molecule has 0 bridgehead atoms. The monoisotopic (exact) mass is 442 g/mol. The number of hydrogen-bond acceptors (Lipinski definition) is 4. The number of benzene rings is 2. The number of H-pyrrole nitrogens is 1. The van der Waals surface area contributed by atoms with Gasteiger partial charge in [0, 0.05) is 21.2 Å². The molecule has 27 heavy (non-hydrogen) atoms. The average molecular weight is 444 g/mol. The van der Waals surface area contributed by atoms with Crippen LogP contribution in [0.15, 0.2) is 47.6 Å². The van der Waals surface area contributed by atoms with Crippen LogP contribution in [0.1, 0.15) is 16.1 Å². The summed E-state index contributed by atoms with van der Waals surface area (Å²) in [5, 5.41) is 11.8. The van der Waals surface area contributed by atoms with Crippen LogP contribution in [0.25, 0.3) is 11.3 Å². The van der Waals surface area contributed by atoms with Gasteiger partial charge in [-0.15, -0.1) is 0 Å². The molecule has 138 valence electrons. The zero-order chi connectivity index (χ0) is 19.6. The van der Waals surface area contributed by atoms with Crippen LogP contribution in [-0.2, 0) is 4.84 Å². The van der Waals surface area contributed by atoms with Crippen LogP contribution in [0.5, 0.6) is 0 Å². The zero-order valence-electron chi connectivity index (χ0n) is 13.3. The Bertz CT molecular complexity index is 1050. The van der Waals surface area contributed by atoms with Gasteiger partial charge in [-0.1, -0.05) is 51.6 Å². The Hall–Kier alpha value is -2.25. The summed E-state index contributed by atoms with van der Waals surface area (Å²) in [5.41, 5.74) is 7.29. The van der Waals surface area contributed by atoms with Crippen molar-refractivity contribution in [2.45, 2.75) is 0 Å². The van der Waals surface area contributed by atoms with Crippen molar-refractivity contribution in [2.24, 2.45) is 10.9 Å². The zero-order valence-corrected chi connectivity index (χ0v) is 16.4. The maximum atomic E-state index is 12.1. The van der Waals surface area contributed by atoms with E-state index in [1.54, 1.807) is 30.3 Å². The molecule has 2 aromatic carbocycles. The number of amidine groups is 1. The first-order chi connectivity index (χ1) is 12.8. The van der Waals surface area contributed by atoms with Crippen molar-refractivity contribution in [1.29, 1.82) is 0 Å². The molecule has 0 radical (unpaired) electrons. The minimum atomic E-state index is -0.785. The lowest BCUT2D eigenvalue weighted by Crippen LogP contribution is -2.16. The quantitative estimate of drug-likeness (QED) is 0.252. The minimum Gasteiger partial charge on any atom is -0.380 e. The molecular weight excluding hydrogens is 434 g/mol. The Morgan fingerprint density at radius 1 is 1.00 bits per heavy atom. The summed E-state index contributed by atoms with van der Waals surface area (Å²) in [7, 11) is 0. The second kappa shape index (κ2) is 8.19. The molecule has 0 atom stereocenters. The fourth-order valence-electron chi connectivity index (χ4n) is 2.15. The SMILES string of the molecule is N/C(=N\OC(=O)c1cc(-c2ccc(Cl)cc2Cl)n[nH]1)c1ccc(Cl)cc1Cl. The smallest absolute Gasteiger partial charge is 0.380 e. The maximum absolute atomic E-state index is 12.1. The van der Waals surface area contributed by atoms with E-state index in [2.05, 4.69) is 15.4 Å². The summed E-state index contributed by atoms with van der Waals surface area (Å²) >= 11 is 23.9. The van der Waals surface area contributed by atoms with E-state index in [-0.39, 0.29) is 16.6 Å². The number of nitrogens with two attached hydrogens (primary N) is 1. The highest BCUT2D eigenvalue weighted by Gasteiger charge is 2.15. The van der Waals surface area contributed by atoms with Crippen LogP contribution >= 0.6 is 46.4 Å². The predicted octanol–water partition coefficient (Wildman–Crippen LogP) is 5.17. The molecule has 0 spiro atoms. The summed E-state index contributed by atoms with van der Waals surface area (Å²) < 4.78 is 0. The topological polar surface area (TPSA) is 93.4 Å². The molecule has 3 rings (SSSR count). The average Bonchev–Trinajstić information content (AvgIpc) is 3.09. The van der Waals surface area contributed by atoms with E-state index >= 15 is 0 Å². The van der Waals surface area contributed by atoms with Crippen molar-refractivity contribution < 1.29 is 9.63 Å². The fourth-order valence-corrected chi connectivity index (χ4v) is 3.16. The number of nitrogens with zero attached hydrogens (tertiary/aromatic N) is 2. The number of aromatic nitrogens is 2. The molecule has 3 aromatic rings. The molecule has 6 nitrogen and oxygen atoms in total. The van der Waals surface area contributed by atoms with E-state index in [1.807, 2.05) is 0 Å². The molecule has 1 heterocycles. The van der Waals surface area contributed by atoms with Gasteiger partial charge in [-0.2, -0.15) is 5.10 Å². The number of rotatable bonds is 4. The van der Waals surface area contributed by atoms with Gasteiger partial charge in [-0.3, -0.25) is 5.10 Å². The first-order valence-corrected chi connectivity index (χ1v) is 8.87. The van der Waals surface area contributed by atoms with Crippen molar-refractivity contribution in [3.8, 4) is 11.3 Å². The minimum absolute atomic E-state index is 0.0646. The second-order valence-electron chi connectivity index (χ2n) is 5.27. The number of halogens is 4. The molecule has 3 N–H and O–H groups in total. The van der Waals surface area contributed by atoms with Gasteiger partial charge < -0.3 is 10.6 Å². The molecule has 1 aromatic heterocycles. The Morgan fingerprint density at radius 3 is 2.33 bits per heavy atom. The van der Waals surface area contributed by atoms with Crippen LogP contribution in [-0.4, -0.2) is 22.0 Å². The lowest BCUT2D eigenvalue weighted by Gasteiger charge is -2.03. The van der Waals surface area contributed by atoms with E-state index in [0.717, 1.165) is 0 Å². The Labute approximate surface area is 173 Å². The highest BCUT2D eigenvalue weighted by molar-refractivity contribution is 6.37.